The van der Waals surface area contributed by atoms with Crippen LogP contribution in [-0.2, 0) is 0 Å². The lowest BCUT2D eigenvalue weighted by Crippen LogP contribution is -2.33. The van der Waals surface area contributed by atoms with E-state index < -0.39 is 6.17 Å². The van der Waals surface area contributed by atoms with Crippen LogP contribution in [0.3, 0.4) is 0 Å². The molecule has 2 rings (SSSR count). The molecule has 0 aromatic rings. The lowest BCUT2D eigenvalue weighted by atomic mass is 9.68. The third kappa shape index (κ3) is 2.99. The molecule has 0 spiro atoms. The first-order valence-corrected chi connectivity index (χ1v) is 7.43. The van der Waals surface area contributed by atoms with E-state index in [1.54, 1.807) is 0 Å². The smallest absolute Gasteiger partial charge is 0.101 e. The Morgan fingerprint density at radius 1 is 0.750 bits per heavy atom. The van der Waals surface area contributed by atoms with Crippen LogP contribution in [0, 0.1) is 17.8 Å². The van der Waals surface area contributed by atoms with E-state index in [4.69, 9.17) is 0 Å². The van der Waals surface area contributed by atoms with Crippen molar-refractivity contribution in [2.24, 2.45) is 17.8 Å². The zero-order valence-electron chi connectivity index (χ0n) is 10.8. The Balaban J connectivity index is 1.96. The Kier molecular flexibility index (Phi) is 4.66. The summed E-state index contributed by atoms with van der Waals surface area (Å²) >= 11 is 0. The Bertz CT molecular complexity index is 170. The topological polar surface area (TPSA) is 0 Å². The van der Waals surface area contributed by atoms with Gasteiger partial charge in [-0.15, -0.1) is 0 Å². The van der Waals surface area contributed by atoms with Gasteiger partial charge in [0.25, 0.3) is 0 Å². The van der Waals surface area contributed by atoms with Gasteiger partial charge in [-0.3, -0.25) is 0 Å². The maximum atomic E-state index is 13.9. The molecule has 1 heteroatoms. The molecule has 16 heavy (non-hydrogen) atoms. The van der Waals surface area contributed by atoms with Crippen LogP contribution >= 0.6 is 0 Å². The van der Waals surface area contributed by atoms with Gasteiger partial charge in [0.15, 0.2) is 0 Å². The highest BCUT2D eigenvalue weighted by Gasteiger charge is 2.34. The van der Waals surface area contributed by atoms with Crippen LogP contribution in [0.1, 0.15) is 71.1 Å². The molecule has 0 nitrogen and oxygen atoms in total. The number of alkyl halides is 1. The van der Waals surface area contributed by atoms with E-state index in [0.717, 1.165) is 0 Å². The number of hydrogen-bond donors (Lipinski definition) is 0. The van der Waals surface area contributed by atoms with Gasteiger partial charge in [0.2, 0.25) is 0 Å². The second-order valence-electron chi connectivity index (χ2n) is 6.05. The fourth-order valence-electron chi connectivity index (χ4n) is 4.17. The van der Waals surface area contributed by atoms with Crippen molar-refractivity contribution in [2.75, 3.05) is 0 Å². The van der Waals surface area contributed by atoms with Crippen molar-refractivity contribution in [2.45, 2.75) is 77.3 Å². The summed E-state index contributed by atoms with van der Waals surface area (Å²) in [6, 6.07) is 0. The molecule has 0 aromatic carbocycles. The largest absolute Gasteiger partial charge is 0.247 e. The van der Waals surface area contributed by atoms with Crippen LogP contribution in [-0.4, -0.2) is 6.17 Å². The molecule has 0 aromatic heterocycles. The van der Waals surface area contributed by atoms with E-state index in [9.17, 15) is 4.39 Å². The molecule has 1 unspecified atom stereocenters. The Morgan fingerprint density at radius 2 is 1.12 bits per heavy atom. The normalized spacial score (nSPS) is 27.2. The van der Waals surface area contributed by atoms with Crippen molar-refractivity contribution < 1.29 is 4.39 Å². The lowest BCUT2D eigenvalue weighted by molar-refractivity contribution is 0.0709. The molecule has 94 valence electrons. The maximum Gasteiger partial charge on any atom is 0.101 e. The van der Waals surface area contributed by atoms with E-state index in [1.165, 1.54) is 64.2 Å². The summed E-state index contributed by atoms with van der Waals surface area (Å²) in [5.41, 5.74) is 0. The van der Waals surface area contributed by atoms with Crippen molar-refractivity contribution in [3.63, 3.8) is 0 Å². The molecule has 0 bridgehead atoms. The van der Waals surface area contributed by atoms with Crippen LogP contribution in [0.15, 0.2) is 0 Å². The van der Waals surface area contributed by atoms with Crippen molar-refractivity contribution in [3.8, 4) is 0 Å². The molecule has 2 saturated carbocycles. The fraction of sp³-hybridized carbons (Fsp3) is 1.00. The first-order chi connectivity index (χ1) is 7.79. The monoisotopic (exact) mass is 226 g/mol. The predicted octanol–water partition coefficient (Wildman–Crippen LogP) is 5.12. The van der Waals surface area contributed by atoms with Crippen LogP contribution in [0.2, 0.25) is 0 Å². The average Bonchev–Trinajstić information content (AvgIpc) is 2.31. The Hall–Kier alpha value is -0.0700. The molecule has 2 aliphatic carbocycles. The second-order valence-corrected chi connectivity index (χ2v) is 6.05. The molecule has 0 heterocycles. The molecule has 0 amide bonds. The standard InChI is InChI=1S/C15H27F/c1-12(16)15(13-8-4-2-5-9-13)14-10-6-3-7-11-14/h12-15H,2-11H2,1H3. The van der Waals surface area contributed by atoms with Gasteiger partial charge in [0.05, 0.1) is 0 Å². The van der Waals surface area contributed by atoms with Crippen molar-refractivity contribution in [1.82, 2.24) is 0 Å². The third-order valence-electron chi connectivity index (χ3n) is 4.92. The highest BCUT2D eigenvalue weighted by Crippen LogP contribution is 2.42. The van der Waals surface area contributed by atoms with Crippen molar-refractivity contribution in [3.05, 3.63) is 0 Å². The van der Waals surface area contributed by atoms with Gasteiger partial charge in [0.1, 0.15) is 6.17 Å². The van der Waals surface area contributed by atoms with Gasteiger partial charge in [-0.05, 0) is 24.7 Å². The summed E-state index contributed by atoms with van der Waals surface area (Å²) in [5.74, 6) is 1.80. The minimum Gasteiger partial charge on any atom is -0.247 e. The SMILES string of the molecule is CC(F)C(C1CCCCC1)C1CCCCC1. The Morgan fingerprint density at radius 3 is 1.44 bits per heavy atom. The third-order valence-corrected chi connectivity index (χ3v) is 4.92. The molecule has 2 aliphatic rings. The number of hydrogen-bond acceptors (Lipinski definition) is 0. The molecule has 0 saturated heterocycles. The molecule has 0 aliphatic heterocycles. The second kappa shape index (κ2) is 6.02. The maximum absolute atomic E-state index is 13.9. The predicted molar refractivity (Wildman–Crippen MR) is 67.2 cm³/mol. The summed E-state index contributed by atoms with van der Waals surface area (Å²) in [4.78, 5) is 0. The van der Waals surface area contributed by atoms with Crippen LogP contribution < -0.4 is 0 Å². The molecular formula is C15H27F. The fourth-order valence-corrected chi connectivity index (χ4v) is 4.17. The minimum absolute atomic E-state index is 0.389. The van der Waals surface area contributed by atoms with E-state index in [-0.39, 0.29) is 0 Å². The van der Waals surface area contributed by atoms with Crippen LogP contribution in [0.5, 0.6) is 0 Å². The molecular weight excluding hydrogens is 199 g/mol. The minimum atomic E-state index is -0.578. The highest BCUT2D eigenvalue weighted by molar-refractivity contribution is 4.84. The van der Waals surface area contributed by atoms with E-state index in [2.05, 4.69) is 0 Å². The molecule has 1 atom stereocenters. The van der Waals surface area contributed by atoms with E-state index in [1.807, 2.05) is 6.92 Å². The van der Waals surface area contributed by atoms with Gasteiger partial charge in [-0.25, -0.2) is 4.39 Å². The van der Waals surface area contributed by atoms with Crippen LogP contribution in [0.4, 0.5) is 4.39 Å². The van der Waals surface area contributed by atoms with Gasteiger partial charge in [-0.2, -0.15) is 0 Å². The zero-order valence-corrected chi connectivity index (χ0v) is 10.8. The van der Waals surface area contributed by atoms with E-state index in [0.29, 0.717) is 17.8 Å². The van der Waals surface area contributed by atoms with Crippen LogP contribution in [0.25, 0.3) is 0 Å². The van der Waals surface area contributed by atoms with Crippen molar-refractivity contribution in [1.29, 1.82) is 0 Å². The highest BCUT2D eigenvalue weighted by atomic mass is 19.1. The summed E-state index contributed by atoms with van der Waals surface area (Å²) in [7, 11) is 0. The number of rotatable bonds is 3. The van der Waals surface area contributed by atoms with Crippen molar-refractivity contribution >= 4 is 0 Å². The Labute approximate surface area is 100 Å². The first kappa shape index (κ1) is 12.4. The summed E-state index contributed by atoms with van der Waals surface area (Å²) in [5, 5.41) is 0. The quantitative estimate of drug-likeness (QED) is 0.626. The summed E-state index contributed by atoms with van der Waals surface area (Å²) in [6.45, 7) is 1.81. The number of halogens is 1. The summed E-state index contributed by atoms with van der Waals surface area (Å²) in [6.07, 6.45) is 12.8. The van der Waals surface area contributed by atoms with Gasteiger partial charge >= 0.3 is 0 Å². The molecule has 0 radical (unpaired) electrons. The molecule has 2 fully saturated rings. The van der Waals surface area contributed by atoms with Gasteiger partial charge in [-0.1, -0.05) is 64.2 Å². The van der Waals surface area contributed by atoms with Gasteiger partial charge < -0.3 is 0 Å². The zero-order chi connectivity index (χ0) is 11.4. The van der Waals surface area contributed by atoms with Gasteiger partial charge in [0, 0.05) is 0 Å². The van der Waals surface area contributed by atoms with E-state index >= 15 is 0 Å². The molecule has 0 N–H and O–H groups in total. The summed E-state index contributed by atoms with van der Waals surface area (Å²) < 4.78 is 13.9. The average molecular weight is 226 g/mol. The lowest BCUT2D eigenvalue weighted by Gasteiger charge is -2.38. The first-order valence-electron chi connectivity index (χ1n) is 7.43.